The fraction of sp³-hybridized carbons (Fsp3) is 0.618. The second-order valence-electron chi connectivity index (χ2n) is 14.5. The molecule has 5 atom stereocenters. The molecule has 0 unspecified atom stereocenters. The predicted octanol–water partition coefficient (Wildman–Crippen LogP) is 2.44. The Morgan fingerprint density at radius 3 is 2.54 bits per heavy atom. The first-order valence-corrected chi connectivity index (χ1v) is 18.7. The minimum absolute atomic E-state index is 0.0193. The second kappa shape index (κ2) is 13.8. The zero-order valence-corrected chi connectivity index (χ0v) is 29.2. The number of hydrogen-bond acceptors (Lipinski definition) is 11. The van der Waals surface area contributed by atoms with Crippen molar-refractivity contribution < 1.29 is 51.3 Å². The number of ether oxygens (including phenoxy) is 4. The van der Waals surface area contributed by atoms with Gasteiger partial charge in [-0.2, -0.15) is 0 Å². The molecule has 16 heteroatoms. The number of hydrogen-bond donors (Lipinski definition) is 3. The van der Waals surface area contributed by atoms with Gasteiger partial charge in [-0.1, -0.05) is 25.0 Å². The van der Waals surface area contributed by atoms with Crippen molar-refractivity contribution in [2.75, 3.05) is 13.3 Å². The van der Waals surface area contributed by atoms with Gasteiger partial charge in [0, 0.05) is 12.3 Å². The number of allylic oxidation sites excluding steroid dienone is 1. The zero-order valence-electron chi connectivity index (χ0n) is 28.4. The van der Waals surface area contributed by atoms with Gasteiger partial charge in [-0.05, 0) is 77.5 Å². The number of nitrogens with one attached hydrogen (secondary N) is 3. The summed E-state index contributed by atoms with van der Waals surface area (Å²) in [4.78, 5) is 69.3. The molecule has 3 N–H and O–H groups in total. The van der Waals surface area contributed by atoms with Crippen LogP contribution in [0.25, 0.3) is 0 Å². The first kappa shape index (κ1) is 35.5. The molecule has 6 rings (SSSR count). The lowest BCUT2D eigenvalue weighted by molar-refractivity contribution is -0.141. The zero-order chi connectivity index (χ0) is 35.8. The van der Waals surface area contributed by atoms with Crippen LogP contribution in [0.1, 0.15) is 88.9 Å². The third kappa shape index (κ3) is 8.00. The summed E-state index contributed by atoms with van der Waals surface area (Å²) >= 11 is 0. The molecule has 0 spiro atoms. The normalized spacial score (nSPS) is 28.9. The van der Waals surface area contributed by atoms with Crippen LogP contribution in [0.15, 0.2) is 30.4 Å². The molecule has 0 radical (unpaired) electrons. The molecule has 1 saturated heterocycles. The van der Waals surface area contributed by atoms with E-state index in [1.807, 2.05) is 12.2 Å². The van der Waals surface area contributed by atoms with Crippen LogP contribution in [0, 0.1) is 5.92 Å². The maximum absolute atomic E-state index is 14.2. The van der Waals surface area contributed by atoms with Gasteiger partial charge in [0.25, 0.3) is 5.91 Å². The van der Waals surface area contributed by atoms with Gasteiger partial charge in [0.1, 0.15) is 29.3 Å². The Morgan fingerprint density at radius 2 is 1.80 bits per heavy atom. The largest absolute Gasteiger partial charge is 0.457 e. The van der Waals surface area contributed by atoms with E-state index < -0.39 is 80.3 Å². The van der Waals surface area contributed by atoms with Gasteiger partial charge in [0.05, 0.1) is 17.4 Å². The van der Waals surface area contributed by atoms with E-state index in [4.69, 9.17) is 18.9 Å². The number of fused-ring (bicyclic) bond motifs is 3. The molecular formula is C34H44N4O11S. The molecule has 2 aliphatic carbocycles. The standard InChI is InChI=1S/C34H44N4O11S/c1-33(2,3)49-32(43)35-24-10-8-6-4-5-7-9-21-17-34(21,31(42)37-50(44,45)23-12-13-23)36-28(39)25-16-22(18-38(25)29(24)40)48-30(41)20-11-14-26-27(15-20)47-19-46-26/h7,9,11,14-15,21-25H,4-6,8,10,12-13,16-19H2,1-3H3,(H,35,43)(H,36,39)(H,37,42)/b9-7-/t21-,22-,24+,25+,34-/m1/s1. The maximum atomic E-state index is 14.2. The Morgan fingerprint density at radius 1 is 1.04 bits per heavy atom. The van der Waals surface area contributed by atoms with Crippen LogP contribution in [-0.4, -0.2) is 91.0 Å². The van der Waals surface area contributed by atoms with Crippen molar-refractivity contribution >= 4 is 39.8 Å². The number of amides is 4. The van der Waals surface area contributed by atoms with Gasteiger partial charge in [-0.3, -0.25) is 19.1 Å². The van der Waals surface area contributed by atoms with Crippen LogP contribution in [0.2, 0.25) is 0 Å². The summed E-state index contributed by atoms with van der Waals surface area (Å²) in [5, 5.41) is 4.81. The number of carbonyl (C=O) groups excluding carboxylic acids is 5. The summed E-state index contributed by atoms with van der Waals surface area (Å²) < 4.78 is 49.5. The molecule has 3 aliphatic heterocycles. The summed E-state index contributed by atoms with van der Waals surface area (Å²) in [5.41, 5.74) is -2.19. The predicted molar refractivity (Wildman–Crippen MR) is 176 cm³/mol. The van der Waals surface area contributed by atoms with Gasteiger partial charge in [0.15, 0.2) is 11.5 Å². The minimum atomic E-state index is -3.91. The molecule has 50 heavy (non-hydrogen) atoms. The van der Waals surface area contributed by atoms with Crippen LogP contribution in [0.3, 0.4) is 0 Å². The molecule has 1 aromatic rings. The second-order valence-corrected chi connectivity index (χ2v) is 16.5. The maximum Gasteiger partial charge on any atom is 0.408 e. The molecule has 2 saturated carbocycles. The van der Waals surface area contributed by atoms with E-state index in [0.717, 1.165) is 12.8 Å². The Hall–Kier alpha value is -4.34. The van der Waals surface area contributed by atoms with Crippen molar-refractivity contribution in [3.05, 3.63) is 35.9 Å². The van der Waals surface area contributed by atoms with Crippen molar-refractivity contribution in [3.8, 4) is 11.5 Å². The van der Waals surface area contributed by atoms with E-state index in [1.54, 1.807) is 26.8 Å². The van der Waals surface area contributed by atoms with Crippen LogP contribution in [0.4, 0.5) is 4.79 Å². The van der Waals surface area contributed by atoms with Crippen molar-refractivity contribution in [2.24, 2.45) is 5.92 Å². The molecule has 15 nitrogen and oxygen atoms in total. The Bertz CT molecular complexity index is 1690. The number of sulfonamides is 1. The summed E-state index contributed by atoms with van der Waals surface area (Å²) in [6.07, 6.45) is 6.01. The van der Waals surface area contributed by atoms with Crippen LogP contribution in [0.5, 0.6) is 11.5 Å². The molecule has 5 aliphatic rings. The highest BCUT2D eigenvalue weighted by Crippen LogP contribution is 2.46. The van der Waals surface area contributed by atoms with Crippen molar-refractivity contribution in [1.82, 2.24) is 20.3 Å². The van der Waals surface area contributed by atoms with Gasteiger partial charge in [-0.25, -0.2) is 18.0 Å². The Balaban J connectivity index is 1.26. The van der Waals surface area contributed by atoms with Crippen molar-refractivity contribution in [3.63, 3.8) is 0 Å². The third-order valence-electron chi connectivity index (χ3n) is 9.42. The lowest BCUT2D eigenvalue weighted by atomic mass is 10.0. The van der Waals surface area contributed by atoms with Gasteiger partial charge in [0.2, 0.25) is 28.6 Å². The van der Waals surface area contributed by atoms with Crippen LogP contribution in [-0.2, 0) is 33.9 Å². The summed E-state index contributed by atoms with van der Waals surface area (Å²) in [6.45, 7) is 4.95. The van der Waals surface area contributed by atoms with Crippen molar-refractivity contribution in [2.45, 2.75) is 113 Å². The SMILES string of the molecule is CC(C)(C)OC(=O)N[C@H]1CCCCC/C=C\[C@@H]2C[C@@]2(C(=O)NS(=O)(=O)C2CC2)NC(=O)[C@@H]2C[C@@H](OC(=O)c3ccc4c(c3)OCO4)CN2C1=O. The molecular weight excluding hydrogens is 672 g/mol. The molecule has 3 fully saturated rings. The number of alkyl carbamates (subject to hydrolysis) is 1. The quantitative estimate of drug-likeness (QED) is 0.289. The summed E-state index contributed by atoms with van der Waals surface area (Å²) in [5.74, 6) is -2.42. The highest BCUT2D eigenvalue weighted by atomic mass is 32.2. The van der Waals surface area contributed by atoms with Crippen LogP contribution >= 0.6 is 0 Å². The van der Waals surface area contributed by atoms with Gasteiger partial charge in [-0.15, -0.1) is 0 Å². The lowest BCUT2D eigenvalue weighted by Gasteiger charge is -2.30. The molecule has 4 amide bonds. The average molecular weight is 717 g/mol. The van der Waals surface area contributed by atoms with E-state index in [0.29, 0.717) is 37.2 Å². The molecule has 3 heterocycles. The Kier molecular flexibility index (Phi) is 9.76. The number of rotatable bonds is 6. The monoisotopic (exact) mass is 716 g/mol. The fourth-order valence-electron chi connectivity index (χ4n) is 6.54. The van der Waals surface area contributed by atoms with E-state index in [9.17, 15) is 32.4 Å². The Labute approximate surface area is 290 Å². The molecule has 0 aromatic heterocycles. The molecule has 0 bridgehead atoms. The highest BCUT2D eigenvalue weighted by molar-refractivity contribution is 7.91. The van der Waals surface area contributed by atoms with Gasteiger partial charge < -0.3 is 34.5 Å². The summed E-state index contributed by atoms with van der Waals surface area (Å²) in [6, 6.07) is 2.31. The molecule has 1 aromatic carbocycles. The smallest absolute Gasteiger partial charge is 0.408 e. The number of benzene rings is 1. The number of esters is 1. The summed E-state index contributed by atoms with van der Waals surface area (Å²) in [7, 11) is -3.91. The van der Waals surface area contributed by atoms with E-state index >= 15 is 0 Å². The van der Waals surface area contributed by atoms with Gasteiger partial charge >= 0.3 is 12.1 Å². The van der Waals surface area contributed by atoms with Crippen LogP contribution < -0.4 is 24.8 Å². The first-order valence-electron chi connectivity index (χ1n) is 17.1. The topological polar surface area (TPSA) is 196 Å². The minimum Gasteiger partial charge on any atom is -0.457 e. The highest BCUT2D eigenvalue weighted by Gasteiger charge is 2.62. The lowest BCUT2D eigenvalue weighted by Crippen LogP contribution is -2.58. The first-order chi connectivity index (χ1) is 23.6. The van der Waals surface area contributed by atoms with E-state index in [-0.39, 0.29) is 38.2 Å². The number of nitrogens with zero attached hydrogens (tertiary/aromatic N) is 1. The average Bonchev–Trinajstić information content (AvgIpc) is 3.92. The molecule has 272 valence electrons. The van der Waals surface area contributed by atoms with E-state index in [2.05, 4.69) is 15.4 Å². The number of carbonyl (C=O) groups is 5. The van der Waals surface area contributed by atoms with E-state index in [1.165, 1.54) is 17.0 Å². The fourth-order valence-corrected chi connectivity index (χ4v) is 7.90. The third-order valence-corrected chi connectivity index (χ3v) is 11.2. The van der Waals surface area contributed by atoms with Crippen molar-refractivity contribution in [1.29, 1.82) is 0 Å².